The zero-order valence-corrected chi connectivity index (χ0v) is 12.0. The van der Waals surface area contributed by atoms with Gasteiger partial charge >= 0.3 is 0 Å². The van der Waals surface area contributed by atoms with E-state index in [2.05, 4.69) is 19.1 Å². The zero-order valence-electron chi connectivity index (χ0n) is 12.0. The highest BCUT2D eigenvalue weighted by Crippen LogP contribution is 2.09. The predicted molar refractivity (Wildman–Crippen MR) is 77.5 cm³/mol. The summed E-state index contributed by atoms with van der Waals surface area (Å²) in [6.07, 6.45) is 19.5. The van der Waals surface area contributed by atoms with E-state index in [1.165, 1.54) is 70.6 Å². The van der Waals surface area contributed by atoms with Crippen LogP contribution in [0.3, 0.4) is 0 Å². The van der Waals surface area contributed by atoms with Gasteiger partial charge in [0.2, 0.25) is 0 Å². The molecule has 0 spiro atoms. The van der Waals surface area contributed by atoms with Crippen LogP contribution in [0.1, 0.15) is 77.6 Å². The van der Waals surface area contributed by atoms with E-state index in [0.29, 0.717) is 0 Å². The first-order valence-electron chi connectivity index (χ1n) is 7.55. The highest BCUT2D eigenvalue weighted by molar-refractivity contribution is 4.81. The normalized spacial score (nSPS) is 11.4. The fourth-order valence-electron chi connectivity index (χ4n) is 1.95. The maximum absolute atomic E-state index is 5.03. The van der Waals surface area contributed by atoms with Gasteiger partial charge < -0.3 is 4.74 Å². The Morgan fingerprint density at radius 2 is 1.24 bits per heavy atom. The first-order chi connectivity index (χ1) is 8.41. The quantitative estimate of drug-likeness (QED) is 0.305. The first-order valence-corrected chi connectivity index (χ1v) is 7.55. The van der Waals surface area contributed by atoms with Gasteiger partial charge in [0.1, 0.15) is 0 Å². The number of rotatable bonds is 13. The molecular formula is C16H32O. The molecule has 0 rings (SSSR count). The summed E-state index contributed by atoms with van der Waals surface area (Å²) in [5.74, 6) is 0. The summed E-state index contributed by atoms with van der Waals surface area (Å²) in [4.78, 5) is 0. The van der Waals surface area contributed by atoms with Crippen LogP contribution in [0, 0.1) is 0 Å². The van der Waals surface area contributed by atoms with E-state index in [1.54, 1.807) is 7.11 Å². The topological polar surface area (TPSA) is 9.23 Å². The van der Waals surface area contributed by atoms with Crippen LogP contribution in [-0.2, 0) is 4.74 Å². The maximum atomic E-state index is 5.03. The molecule has 0 radical (unpaired) electrons. The Bertz CT molecular complexity index is 152. The van der Waals surface area contributed by atoms with Crippen LogP contribution in [0.5, 0.6) is 0 Å². The SMILES string of the molecule is CCCC/C=C/CCCCCCCCCOC. The third-order valence-electron chi connectivity index (χ3n) is 3.11. The molecule has 0 N–H and O–H groups in total. The molecule has 0 aliphatic heterocycles. The summed E-state index contributed by atoms with van der Waals surface area (Å²) in [7, 11) is 1.79. The zero-order chi connectivity index (χ0) is 12.6. The molecule has 1 heteroatoms. The summed E-state index contributed by atoms with van der Waals surface area (Å²) in [6, 6.07) is 0. The smallest absolute Gasteiger partial charge is 0.0462 e. The molecule has 0 saturated heterocycles. The fourth-order valence-corrected chi connectivity index (χ4v) is 1.95. The van der Waals surface area contributed by atoms with Gasteiger partial charge in [0.25, 0.3) is 0 Å². The average molecular weight is 240 g/mol. The van der Waals surface area contributed by atoms with Crippen molar-refractivity contribution in [2.75, 3.05) is 13.7 Å². The second kappa shape index (κ2) is 15.7. The summed E-state index contributed by atoms with van der Waals surface area (Å²) < 4.78 is 5.03. The van der Waals surface area contributed by atoms with E-state index in [9.17, 15) is 0 Å². The van der Waals surface area contributed by atoms with Crippen LogP contribution >= 0.6 is 0 Å². The number of methoxy groups -OCH3 is 1. The van der Waals surface area contributed by atoms with Gasteiger partial charge in [0.15, 0.2) is 0 Å². The number of hydrogen-bond acceptors (Lipinski definition) is 1. The Morgan fingerprint density at radius 1 is 0.706 bits per heavy atom. The lowest BCUT2D eigenvalue weighted by Gasteiger charge is -2.00. The standard InChI is InChI=1S/C16H32O/c1-3-4-5-6-7-8-9-10-11-12-13-14-15-16-17-2/h6-7H,3-5,8-16H2,1-2H3/b7-6+. The second-order valence-electron chi connectivity index (χ2n) is 4.87. The molecule has 0 bridgehead atoms. The van der Waals surface area contributed by atoms with Crippen molar-refractivity contribution in [1.82, 2.24) is 0 Å². The van der Waals surface area contributed by atoms with E-state index in [1.807, 2.05) is 0 Å². The Labute approximate surface area is 109 Å². The lowest BCUT2D eigenvalue weighted by Crippen LogP contribution is -1.88. The molecule has 0 fully saturated rings. The lowest BCUT2D eigenvalue weighted by molar-refractivity contribution is 0.192. The minimum Gasteiger partial charge on any atom is -0.385 e. The summed E-state index contributed by atoms with van der Waals surface area (Å²) in [5.41, 5.74) is 0. The molecule has 0 aromatic rings. The minimum absolute atomic E-state index is 0.933. The van der Waals surface area contributed by atoms with Crippen LogP contribution < -0.4 is 0 Å². The molecule has 0 saturated carbocycles. The molecule has 0 aromatic heterocycles. The van der Waals surface area contributed by atoms with Gasteiger partial charge in [0, 0.05) is 13.7 Å². The first kappa shape index (κ1) is 16.7. The predicted octanol–water partition coefficient (Wildman–Crippen LogP) is 5.50. The van der Waals surface area contributed by atoms with E-state index >= 15 is 0 Å². The van der Waals surface area contributed by atoms with Crippen LogP contribution in [0.25, 0.3) is 0 Å². The second-order valence-corrected chi connectivity index (χ2v) is 4.87. The van der Waals surface area contributed by atoms with Crippen molar-refractivity contribution in [2.45, 2.75) is 77.6 Å². The highest BCUT2D eigenvalue weighted by Gasteiger charge is 1.91. The third-order valence-corrected chi connectivity index (χ3v) is 3.11. The van der Waals surface area contributed by atoms with Gasteiger partial charge in [-0.25, -0.2) is 0 Å². The van der Waals surface area contributed by atoms with E-state index < -0.39 is 0 Å². The molecule has 0 aliphatic rings. The van der Waals surface area contributed by atoms with Gasteiger partial charge in [-0.2, -0.15) is 0 Å². The third kappa shape index (κ3) is 15.7. The van der Waals surface area contributed by atoms with Crippen molar-refractivity contribution in [3.8, 4) is 0 Å². The van der Waals surface area contributed by atoms with Crippen molar-refractivity contribution < 1.29 is 4.74 Å². The van der Waals surface area contributed by atoms with Crippen LogP contribution in [0.2, 0.25) is 0 Å². The van der Waals surface area contributed by atoms with E-state index in [4.69, 9.17) is 4.74 Å². The summed E-state index contributed by atoms with van der Waals surface area (Å²) in [6.45, 7) is 3.18. The van der Waals surface area contributed by atoms with Gasteiger partial charge in [-0.05, 0) is 25.7 Å². The Balaban J connectivity index is 2.96. The number of ether oxygens (including phenoxy) is 1. The number of hydrogen-bond donors (Lipinski definition) is 0. The van der Waals surface area contributed by atoms with E-state index in [0.717, 1.165) is 6.61 Å². The van der Waals surface area contributed by atoms with Gasteiger partial charge in [-0.1, -0.05) is 64.0 Å². The molecule has 0 amide bonds. The van der Waals surface area contributed by atoms with Crippen molar-refractivity contribution in [1.29, 1.82) is 0 Å². The summed E-state index contributed by atoms with van der Waals surface area (Å²) >= 11 is 0. The van der Waals surface area contributed by atoms with E-state index in [-0.39, 0.29) is 0 Å². The average Bonchev–Trinajstić information content (AvgIpc) is 2.35. The van der Waals surface area contributed by atoms with Crippen LogP contribution in [0.15, 0.2) is 12.2 Å². The lowest BCUT2D eigenvalue weighted by atomic mass is 10.1. The molecule has 102 valence electrons. The molecule has 0 atom stereocenters. The van der Waals surface area contributed by atoms with Crippen LogP contribution in [-0.4, -0.2) is 13.7 Å². The molecule has 0 aromatic carbocycles. The van der Waals surface area contributed by atoms with Crippen molar-refractivity contribution in [2.24, 2.45) is 0 Å². The number of unbranched alkanes of at least 4 members (excludes halogenated alkanes) is 9. The van der Waals surface area contributed by atoms with Crippen LogP contribution in [0.4, 0.5) is 0 Å². The molecule has 0 aliphatic carbocycles. The monoisotopic (exact) mass is 240 g/mol. The van der Waals surface area contributed by atoms with Gasteiger partial charge in [-0.15, -0.1) is 0 Å². The minimum atomic E-state index is 0.933. The van der Waals surface area contributed by atoms with Crippen molar-refractivity contribution in [3.05, 3.63) is 12.2 Å². The molecular weight excluding hydrogens is 208 g/mol. The largest absolute Gasteiger partial charge is 0.385 e. The number of allylic oxidation sites excluding steroid dienone is 2. The molecule has 0 unspecified atom stereocenters. The fraction of sp³-hybridized carbons (Fsp3) is 0.875. The summed E-state index contributed by atoms with van der Waals surface area (Å²) in [5, 5.41) is 0. The van der Waals surface area contributed by atoms with Crippen molar-refractivity contribution >= 4 is 0 Å². The maximum Gasteiger partial charge on any atom is 0.0462 e. The van der Waals surface area contributed by atoms with Gasteiger partial charge in [-0.3, -0.25) is 0 Å². The van der Waals surface area contributed by atoms with Crippen molar-refractivity contribution in [3.63, 3.8) is 0 Å². The Hall–Kier alpha value is -0.300. The molecule has 17 heavy (non-hydrogen) atoms. The molecule has 0 heterocycles. The highest BCUT2D eigenvalue weighted by atomic mass is 16.5. The molecule has 1 nitrogen and oxygen atoms in total. The Kier molecular flexibility index (Phi) is 15.4. The van der Waals surface area contributed by atoms with Gasteiger partial charge in [0.05, 0.1) is 0 Å². The Morgan fingerprint density at radius 3 is 1.82 bits per heavy atom.